The van der Waals surface area contributed by atoms with Crippen molar-refractivity contribution in [3.05, 3.63) is 0 Å². The molecule has 0 radical (unpaired) electrons. The zero-order chi connectivity index (χ0) is 97.0. The number of hydrogen-bond donors (Lipinski definition) is 12. The molecule has 0 aromatic rings. The summed E-state index contributed by atoms with van der Waals surface area (Å²) in [5.74, 6) is 3.38. The topological polar surface area (TPSA) is 332 Å². The highest BCUT2D eigenvalue weighted by Gasteiger charge is 2.31. The highest BCUT2D eigenvalue weighted by Crippen LogP contribution is 2.23. The SMILES string of the molecule is C.C.C.CC(C)CCCCC(=O)NCCCCC(CC(=O)C(CCCCNC(=O)CCCCC(C)C)NC(=O)CCCCC(C)C)C(=O)NC(C)C.CC(C)CCCCC(=O)NCCCCC(NC(=O)CCCCC(C)C)C(=O)CC(CCCCNC(C)C)C(=O)NC(C)C.CC(C)CCCCC(=O)NCCCCC(NC(C)C)C(=O)CC(CCCCNC(C)C)CNC(C)C. The summed E-state index contributed by atoms with van der Waals surface area (Å²) in [4.78, 5) is 141. The van der Waals surface area contributed by atoms with Crippen LogP contribution in [0.15, 0.2) is 0 Å². The largest absolute Gasteiger partial charge is 0.356 e. The third-order valence-electron chi connectivity index (χ3n) is 22.9. The molecule has 12 N–H and O–H groups in total. The van der Waals surface area contributed by atoms with E-state index in [2.05, 4.69) is 202 Å². The predicted octanol–water partition coefficient (Wildman–Crippen LogP) is 21.8. The van der Waals surface area contributed by atoms with Gasteiger partial charge in [0, 0.05) is 132 Å². The Bertz CT molecular complexity index is 2810. The molecule has 0 fully saturated rings. The van der Waals surface area contributed by atoms with E-state index < -0.39 is 23.9 Å². The van der Waals surface area contributed by atoms with Crippen molar-refractivity contribution in [2.24, 2.45) is 53.3 Å². The first-order chi connectivity index (χ1) is 60.5. The average molecular weight is 1860 g/mol. The Kier molecular flexibility index (Phi) is 93.5. The summed E-state index contributed by atoms with van der Waals surface area (Å²) in [6.45, 7) is 56.3. The number of unbranched alkanes of at least 4 members (excludes halogenated alkanes) is 12. The van der Waals surface area contributed by atoms with Gasteiger partial charge in [0.2, 0.25) is 47.3 Å². The normalized spacial score (nSPS) is 12.8. The van der Waals surface area contributed by atoms with E-state index in [1.54, 1.807) is 0 Å². The maximum Gasteiger partial charge on any atom is 0.223 e. The van der Waals surface area contributed by atoms with Crippen LogP contribution in [0.1, 0.15) is 477 Å². The van der Waals surface area contributed by atoms with Crippen molar-refractivity contribution in [2.75, 3.05) is 45.8 Å². The van der Waals surface area contributed by atoms with Crippen LogP contribution in [0.5, 0.6) is 0 Å². The van der Waals surface area contributed by atoms with Crippen LogP contribution in [-0.4, -0.2) is 165 Å². The number of carbonyl (C=O) groups excluding carboxylic acids is 11. The Morgan fingerprint density at radius 3 is 0.702 bits per heavy atom. The Morgan fingerprint density at radius 1 is 0.206 bits per heavy atom. The Balaban J connectivity index is -0.000000447. The lowest BCUT2D eigenvalue weighted by atomic mass is 9.90. The summed E-state index contributed by atoms with van der Waals surface area (Å²) in [7, 11) is 0. The summed E-state index contributed by atoms with van der Waals surface area (Å²) in [5, 5.41) is 38.0. The Morgan fingerprint density at radius 2 is 0.443 bits per heavy atom. The van der Waals surface area contributed by atoms with Gasteiger partial charge in [0.05, 0.1) is 18.1 Å². The molecule has 0 aliphatic heterocycles. The van der Waals surface area contributed by atoms with E-state index in [1.165, 1.54) is 6.42 Å². The second kappa shape index (κ2) is 89.8. The van der Waals surface area contributed by atoms with Crippen LogP contribution in [0.3, 0.4) is 0 Å². The molecule has 0 aromatic carbocycles. The number of ketones is 3. The molecule has 8 amide bonds. The first kappa shape index (κ1) is 136. The van der Waals surface area contributed by atoms with Gasteiger partial charge >= 0.3 is 0 Å². The van der Waals surface area contributed by atoms with Gasteiger partial charge in [-0.2, -0.15) is 0 Å². The van der Waals surface area contributed by atoms with Crippen molar-refractivity contribution in [2.45, 2.75) is 532 Å². The minimum absolute atomic E-state index is 0. The highest BCUT2D eigenvalue weighted by molar-refractivity contribution is 5.93. The number of hydrogen-bond acceptors (Lipinski definition) is 15. The summed E-state index contributed by atoms with van der Waals surface area (Å²) < 4.78 is 0. The lowest BCUT2D eigenvalue weighted by Gasteiger charge is -2.24. The second-order valence-electron chi connectivity index (χ2n) is 41.7. The van der Waals surface area contributed by atoms with Crippen molar-refractivity contribution in [3.63, 3.8) is 0 Å². The maximum absolute atomic E-state index is 13.7. The standard InChI is InChI=1S/C40H76N4O5.C35H68N4O4.C30H62N4O2.3CH4/c1-30(2)19-9-12-24-37(46)41-27-17-15-22-34(40(49)43-33(7)8)29-36(45)35(44-39(48)26-14-11-21-32(5)6)23-16-18-28-42-38(47)25-13-10-20-31(3)4;1-26(2)17-9-11-21-33(41)37-24-16-14-20-31(39-34(42)22-12-10-18-27(3)4)32(40)25-30(35(43)38-29(7)8)19-13-15-23-36-28(5)6;1-23(2)15-9-10-18-30(36)32-20-14-12-17-28(34-26(7)8)29(35)21-27(22-33-25(5)6)16-11-13-19-31-24(3)4;;;/h30-35H,9-29H2,1-8H3,(H,41,46)(H,42,47)(H,43,49)(H,44,48);26-31,36H,9-25H2,1-8H3,(H,37,41)(H,38,43)(H,39,42);23-28,31,33-34H,9-22H2,1-8H3,(H,32,36);3*1H4. The van der Waals surface area contributed by atoms with Gasteiger partial charge in [0.25, 0.3) is 0 Å². The minimum atomic E-state index is -0.659. The maximum atomic E-state index is 13.7. The van der Waals surface area contributed by atoms with Crippen LogP contribution in [0.4, 0.5) is 0 Å². The molecule has 0 saturated heterocycles. The highest BCUT2D eigenvalue weighted by atomic mass is 16.2. The van der Waals surface area contributed by atoms with Crippen molar-refractivity contribution >= 4 is 64.6 Å². The van der Waals surface area contributed by atoms with Gasteiger partial charge in [-0.15, -0.1) is 0 Å². The van der Waals surface area contributed by atoms with Crippen molar-refractivity contribution < 1.29 is 52.7 Å². The van der Waals surface area contributed by atoms with E-state index in [9.17, 15) is 52.7 Å². The number of rotatable bonds is 82. The average Bonchev–Trinajstić information content (AvgIpc) is 0.896. The lowest BCUT2D eigenvalue weighted by Crippen LogP contribution is -2.43. The fourth-order valence-electron chi connectivity index (χ4n) is 15.3. The quantitative estimate of drug-likeness (QED) is 0.0252. The van der Waals surface area contributed by atoms with Crippen LogP contribution < -0.4 is 63.8 Å². The number of Topliss-reactive ketones (excluding diaryl/α,β-unsaturated/α-hetero) is 3. The molecule has 0 saturated carbocycles. The van der Waals surface area contributed by atoms with Crippen LogP contribution in [0.25, 0.3) is 0 Å². The molecule has 776 valence electrons. The molecule has 0 heterocycles. The van der Waals surface area contributed by atoms with Crippen molar-refractivity contribution in [1.29, 1.82) is 0 Å². The van der Waals surface area contributed by atoms with E-state index in [1.807, 2.05) is 27.7 Å². The van der Waals surface area contributed by atoms with Gasteiger partial charge in [-0.1, -0.05) is 257 Å². The van der Waals surface area contributed by atoms with Crippen molar-refractivity contribution in [3.8, 4) is 0 Å². The van der Waals surface area contributed by atoms with Gasteiger partial charge in [-0.3, -0.25) is 52.7 Å². The van der Waals surface area contributed by atoms with E-state index in [0.717, 1.165) is 193 Å². The molecule has 6 unspecified atom stereocenters. The fraction of sp³-hybridized carbons (Fsp3) is 0.898. The Labute approximate surface area is 807 Å². The summed E-state index contributed by atoms with van der Waals surface area (Å²) in [5.41, 5.74) is 0. The molecule has 0 spiro atoms. The van der Waals surface area contributed by atoms with Gasteiger partial charge < -0.3 is 63.8 Å². The number of carbonyl (C=O) groups is 11. The van der Waals surface area contributed by atoms with Gasteiger partial charge in [0.1, 0.15) is 5.78 Å². The lowest BCUT2D eigenvalue weighted by molar-refractivity contribution is -0.132. The van der Waals surface area contributed by atoms with Crippen LogP contribution in [0, 0.1) is 53.3 Å². The van der Waals surface area contributed by atoms with E-state index >= 15 is 0 Å². The minimum Gasteiger partial charge on any atom is -0.356 e. The zero-order valence-electron chi connectivity index (χ0n) is 87.2. The molecule has 6 atom stereocenters. The number of nitrogens with one attached hydrogen (secondary N) is 12. The molecule has 0 rings (SSSR count). The molecular weight excluding hydrogens is 1640 g/mol. The molecular formula is C108H218N12O11. The zero-order valence-corrected chi connectivity index (χ0v) is 87.2. The van der Waals surface area contributed by atoms with Crippen LogP contribution in [-0.2, 0) is 52.7 Å². The molecule has 131 heavy (non-hydrogen) atoms. The molecule has 0 aliphatic carbocycles. The third-order valence-corrected chi connectivity index (χ3v) is 22.9. The molecule has 0 aromatic heterocycles. The van der Waals surface area contributed by atoms with E-state index in [-0.39, 0.29) is 118 Å². The predicted molar refractivity (Wildman–Crippen MR) is 556 cm³/mol. The molecule has 0 aliphatic rings. The summed E-state index contributed by atoms with van der Waals surface area (Å²) >= 11 is 0. The summed E-state index contributed by atoms with van der Waals surface area (Å²) in [6, 6.07) is 0.233. The summed E-state index contributed by atoms with van der Waals surface area (Å²) in [6.07, 6.45) is 36.4. The third kappa shape index (κ3) is 93.4. The monoisotopic (exact) mass is 1860 g/mol. The Hall–Kier alpha value is -5.39. The second-order valence-corrected chi connectivity index (χ2v) is 41.7. The van der Waals surface area contributed by atoms with Crippen LogP contribution >= 0.6 is 0 Å². The van der Waals surface area contributed by atoms with E-state index in [0.29, 0.717) is 188 Å². The van der Waals surface area contributed by atoms with E-state index in [4.69, 9.17) is 0 Å². The fourth-order valence-corrected chi connectivity index (χ4v) is 15.3. The smallest absolute Gasteiger partial charge is 0.223 e. The number of amides is 8. The van der Waals surface area contributed by atoms with Crippen LogP contribution in [0.2, 0.25) is 0 Å². The molecule has 23 nitrogen and oxygen atoms in total. The van der Waals surface area contributed by atoms with Gasteiger partial charge in [0.15, 0.2) is 11.6 Å². The first-order valence-electron chi connectivity index (χ1n) is 52.3. The molecule has 23 heteroatoms. The van der Waals surface area contributed by atoms with Crippen molar-refractivity contribution in [1.82, 2.24) is 63.8 Å². The van der Waals surface area contributed by atoms with Gasteiger partial charge in [-0.05, 0) is 224 Å². The first-order valence-corrected chi connectivity index (χ1v) is 52.3. The van der Waals surface area contributed by atoms with Gasteiger partial charge in [-0.25, -0.2) is 0 Å². The molecule has 0 bridgehead atoms.